The molecular weight excluding hydrogens is 459 g/mol. The Balaban J connectivity index is 1.51. The summed E-state index contributed by atoms with van der Waals surface area (Å²) in [6.45, 7) is 4.01. The largest absolute Gasteiger partial charge is 0.417 e. The van der Waals surface area contributed by atoms with Crippen LogP contribution in [0.4, 0.5) is 23.9 Å². The highest BCUT2D eigenvalue weighted by Gasteiger charge is 2.31. The lowest BCUT2D eigenvalue weighted by atomic mass is 10.2. The predicted octanol–water partition coefficient (Wildman–Crippen LogP) is 4.39. The number of pyridine rings is 1. The summed E-state index contributed by atoms with van der Waals surface area (Å²) in [5, 5.41) is 13.9. The minimum atomic E-state index is -4.65. The average Bonchev–Trinajstić information content (AvgIpc) is 3.40. The van der Waals surface area contributed by atoms with E-state index in [0.29, 0.717) is 18.0 Å². The number of hydrogen-bond donors (Lipinski definition) is 2. The summed E-state index contributed by atoms with van der Waals surface area (Å²) in [6.07, 6.45) is -1.35. The van der Waals surface area contributed by atoms with Gasteiger partial charge in [-0.25, -0.2) is 0 Å². The number of fused-ring (bicyclic) bond motifs is 1. The van der Waals surface area contributed by atoms with Crippen LogP contribution in [0.5, 0.6) is 0 Å². The van der Waals surface area contributed by atoms with Gasteiger partial charge in [0.1, 0.15) is 5.00 Å². The highest BCUT2D eigenvalue weighted by Crippen LogP contribution is 2.29. The van der Waals surface area contributed by atoms with E-state index in [1.54, 1.807) is 18.3 Å². The van der Waals surface area contributed by atoms with Crippen LogP contribution in [0.25, 0.3) is 10.9 Å². The lowest BCUT2D eigenvalue weighted by Gasteiger charge is -2.09. The van der Waals surface area contributed by atoms with Crippen LogP contribution >= 0.6 is 11.5 Å². The Kier molecular flexibility index (Phi) is 5.80. The molecule has 2 amide bonds. The Morgan fingerprint density at radius 2 is 1.85 bits per heavy atom. The molecule has 9 nitrogen and oxygen atoms in total. The molecule has 1 aromatic carbocycles. The quantitative estimate of drug-likeness (QED) is 0.443. The number of anilines is 2. The Hall–Kier alpha value is -3.87. The zero-order valence-electron chi connectivity index (χ0n) is 17.2. The minimum absolute atomic E-state index is 0.0105. The van der Waals surface area contributed by atoms with Gasteiger partial charge in [-0.05, 0) is 38.1 Å². The number of rotatable bonds is 5. The van der Waals surface area contributed by atoms with Crippen LogP contribution in [0.1, 0.15) is 46.3 Å². The standard InChI is InChI=1S/C20H16F3N7O2S/c1-10(2)30-15-4-3-14(6-11(15)8-25-30)26-18(32)16-19(33-29-28-16)27-17(31)12-5-13(9-24-7-12)20(21,22)23/h3-10H,1-2H3,(H,26,32)(H,27,31). The summed E-state index contributed by atoms with van der Waals surface area (Å²) in [6, 6.07) is 6.10. The molecule has 0 fully saturated rings. The fourth-order valence-electron chi connectivity index (χ4n) is 3.05. The molecule has 33 heavy (non-hydrogen) atoms. The Bertz CT molecular complexity index is 1350. The Morgan fingerprint density at radius 1 is 1.06 bits per heavy atom. The van der Waals surface area contributed by atoms with Crippen molar-refractivity contribution in [2.45, 2.75) is 26.1 Å². The molecule has 0 radical (unpaired) electrons. The third-order valence-electron chi connectivity index (χ3n) is 4.60. The number of benzene rings is 1. The normalized spacial score (nSPS) is 11.7. The lowest BCUT2D eigenvalue weighted by molar-refractivity contribution is -0.137. The van der Waals surface area contributed by atoms with Crippen molar-refractivity contribution in [2.24, 2.45) is 0 Å². The molecular formula is C20H16F3N7O2S. The summed E-state index contributed by atoms with van der Waals surface area (Å²) in [4.78, 5) is 28.6. The van der Waals surface area contributed by atoms with Crippen molar-refractivity contribution in [3.05, 3.63) is 59.7 Å². The monoisotopic (exact) mass is 475 g/mol. The fraction of sp³-hybridized carbons (Fsp3) is 0.200. The van der Waals surface area contributed by atoms with Crippen LogP contribution in [0, 0.1) is 0 Å². The second-order valence-electron chi connectivity index (χ2n) is 7.28. The van der Waals surface area contributed by atoms with Gasteiger partial charge < -0.3 is 10.6 Å². The minimum Gasteiger partial charge on any atom is -0.320 e. The molecule has 4 rings (SSSR count). The van der Waals surface area contributed by atoms with Crippen LogP contribution in [0.15, 0.2) is 42.9 Å². The first-order valence-corrected chi connectivity index (χ1v) is 10.4. The summed E-state index contributed by atoms with van der Waals surface area (Å²) in [5.41, 5.74) is -0.181. The van der Waals surface area contributed by atoms with E-state index in [1.807, 2.05) is 24.6 Å². The van der Waals surface area contributed by atoms with Gasteiger partial charge in [0.15, 0.2) is 5.69 Å². The Labute approximate surface area is 188 Å². The summed E-state index contributed by atoms with van der Waals surface area (Å²) in [7, 11) is 0. The highest BCUT2D eigenvalue weighted by atomic mass is 32.1. The maximum Gasteiger partial charge on any atom is 0.417 e. The van der Waals surface area contributed by atoms with E-state index < -0.39 is 23.6 Å². The summed E-state index contributed by atoms with van der Waals surface area (Å²) < 4.78 is 44.1. The lowest BCUT2D eigenvalue weighted by Crippen LogP contribution is -2.18. The van der Waals surface area contributed by atoms with Crippen molar-refractivity contribution in [1.82, 2.24) is 24.4 Å². The van der Waals surface area contributed by atoms with Crippen LogP contribution in [0.3, 0.4) is 0 Å². The topological polar surface area (TPSA) is 115 Å². The first-order chi connectivity index (χ1) is 15.6. The molecule has 0 saturated carbocycles. The fourth-order valence-corrected chi connectivity index (χ4v) is 3.61. The molecule has 2 N–H and O–H groups in total. The predicted molar refractivity (Wildman–Crippen MR) is 115 cm³/mol. The van der Waals surface area contributed by atoms with Crippen molar-refractivity contribution in [2.75, 3.05) is 10.6 Å². The van der Waals surface area contributed by atoms with Crippen molar-refractivity contribution in [3.63, 3.8) is 0 Å². The summed E-state index contributed by atoms with van der Waals surface area (Å²) in [5.74, 6) is -1.52. The van der Waals surface area contributed by atoms with E-state index >= 15 is 0 Å². The SMILES string of the molecule is CC(C)n1ncc2cc(NC(=O)c3nnsc3NC(=O)c3cncc(C(F)(F)F)c3)ccc21. The molecule has 0 aliphatic heterocycles. The number of alkyl halides is 3. The summed E-state index contributed by atoms with van der Waals surface area (Å²) >= 11 is 0.720. The van der Waals surface area contributed by atoms with Crippen molar-refractivity contribution < 1.29 is 22.8 Å². The van der Waals surface area contributed by atoms with Crippen molar-refractivity contribution in [3.8, 4) is 0 Å². The smallest absolute Gasteiger partial charge is 0.320 e. The number of halogens is 3. The van der Waals surface area contributed by atoms with Gasteiger partial charge in [0.05, 0.1) is 22.8 Å². The van der Waals surface area contributed by atoms with E-state index in [4.69, 9.17) is 0 Å². The molecule has 0 saturated heterocycles. The molecule has 170 valence electrons. The van der Waals surface area contributed by atoms with E-state index in [1.165, 1.54) is 0 Å². The molecule has 13 heteroatoms. The van der Waals surface area contributed by atoms with Gasteiger partial charge in [0.2, 0.25) is 0 Å². The number of carbonyl (C=O) groups excluding carboxylic acids is 2. The van der Waals surface area contributed by atoms with Gasteiger partial charge in [0, 0.05) is 41.0 Å². The van der Waals surface area contributed by atoms with Gasteiger partial charge >= 0.3 is 6.18 Å². The highest BCUT2D eigenvalue weighted by molar-refractivity contribution is 7.10. The molecule has 0 aliphatic carbocycles. The van der Waals surface area contributed by atoms with Crippen molar-refractivity contribution >= 4 is 44.9 Å². The Morgan fingerprint density at radius 3 is 2.58 bits per heavy atom. The first-order valence-electron chi connectivity index (χ1n) is 9.58. The number of amides is 2. The number of hydrogen-bond acceptors (Lipinski definition) is 7. The van der Waals surface area contributed by atoms with Crippen LogP contribution in [0.2, 0.25) is 0 Å². The number of aromatic nitrogens is 5. The molecule has 0 spiro atoms. The molecule has 3 heterocycles. The second-order valence-corrected chi connectivity index (χ2v) is 8.03. The maximum atomic E-state index is 12.9. The zero-order chi connectivity index (χ0) is 23.8. The molecule has 0 aliphatic rings. The zero-order valence-corrected chi connectivity index (χ0v) is 18.0. The third-order valence-corrected chi connectivity index (χ3v) is 5.24. The first kappa shape index (κ1) is 22.3. The average molecular weight is 475 g/mol. The van der Waals surface area contributed by atoms with E-state index in [9.17, 15) is 22.8 Å². The van der Waals surface area contributed by atoms with Crippen LogP contribution < -0.4 is 10.6 Å². The van der Waals surface area contributed by atoms with Crippen LogP contribution in [-0.4, -0.2) is 36.2 Å². The second kappa shape index (κ2) is 8.58. The van der Waals surface area contributed by atoms with Gasteiger partial charge in [-0.1, -0.05) is 4.49 Å². The van der Waals surface area contributed by atoms with Gasteiger partial charge in [-0.3, -0.25) is 19.3 Å². The van der Waals surface area contributed by atoms with E-state index in [-0.39, 0.29) is 22.3 Å². The third kappa shape index (κ3) is 4.67. The van der Waals surface area contributed by atoms with Crippen LogP contribution in [-0.2, 0) is 6.18 Å². The molecule has 0 atom stereocenters. The molecule has 4 aromatic rings. The van der Waals surface area contributed by atoms with Crippen molar-refractivity contribution in [1.29, 1.82) is 0 Å². The van der Waals surface area contributed by atoms with Gasteiger partial charge in [0.25, 0.3) is 11.8 Å². The van der Waals surface area contributed by atoms with Gasteiger partial charge in [-0.2, -0.15) is 18.3 Å². The van der Waals surface area contributed by atoms with E-state index in [2.05, 4.69) is 30.3 Å². The maximum absolute atomic E-state index is 12.9. The number of carbonyl (C=O) groups is 2. The molecule has 3 aromatic heterocycles. The van der Waals surface area contributed by atoms with E-state index in [0.717, 1.165) is 28.6 Å². The number of nitrogens with one attached hydrogen (secondary N) is 2. The molecule has 0 unspecified atom stereocenters. The molecule has 0 bridgehead atoms. The number of nitrogens with zero attached hydrogens (tertiary/aromatic N) is 5. The van der Waals surface area contributed by atoms with Gasteiger partial charge in [-0.15, -0.1) is 5.10 Å².